The largest absolute Gasteiger partial charge is 0.382 e. The second kappa shape index (κ2) is 6.48. The van der Waals surface area contributed by atoms with Crippen molar-refractivity contribution in [3.8, 4) is 0 Å². The van der Waals surface area contributed by atoms with Crippen molar-refractivity contribution in [3.05, 3.63) is 24.3 Å². The summed E-state index contributed by atoms with van der Waals surface area (Å²) in [5.41, 5.74) is 1.78. The molecule has 0 heterocycles. The summed E-state index contributed by atoms with van der Waals surface area (Å²) in [6, 6.07) is 8.19. The summed E-state index contributed by atoms with van der Waals surface area (Å²) in [6.07, 6.45) is 2.97. The van der Waals surface area contributed by atoms with E-state index in [1.165, 1.54) is 0 Å². The predicted molar refractivity (Wildman–Crippen MR) is 86.6 cm³/mol. The molecule has 1 atom stereocenters. The Morgan fingerprint density at radius 2 is 1.86 bits per heavy atom. The van der Waals surface area contributed by atoms with Crippen LogP contribution in [0.1, 0.15) is 40.0 Å². The molecule has 1 amide bonds. The van der Waals surface area contributed by atoms with E-state index in [1.807, 2.05) is 24.3 Å². The monoisotopic (exact) mass is 290 g/mol. The third kappa shape index (κ3) is 5.05. The van der Waals surface area contributed by atoms with Gasteiger partial charge in [0.2, 0.25) is 5.91 Å². The van der Waals surface area contributed by atoms with E-state index in [-0.39, 0.29) is 17.4 Å². The van der Waals surface area contributed by atoms with E-state index in [2.05, 4.69) is 31.4 Å². The average Bonchev–Trinajstić information content (AvgIpc) is 3.24. The molecule has 4 heteroatoms. The molecule has 116 valence electrons. The lowest BCUT2D eigenvalue weighted by molar-refractivity contribution is -0.117. The molecular weight excluding hydrogens is 264 g/mol. The van der Waals surface area contributed by atoms with E-state index in [0.717, 1.165) is 30.6 Å². The number of ether oxygens (including phenoxy) is 1. The van der Waals surface area contributed by atoms with Gasteiger partial charge >= 0.3 is 0 Å². The average molecular weight is 290 g/mol. The first-order chi connectivity index (χ1) is 9.89. The number of benzene rings is 1. The SMILES string of the molecule is COC(C)(C)CC(C)Nc1ccc(NC(=O)C2CC2)cc1. The van der Waals surface area contributed by atoms with Crippen LogP contribution >= 0.6 is 0 Å². The highest BCUT2D eigenvalue weighted by Gasteiger charge is 2.29. The molecule has 0 aromatic heterocycles. The molecule has 4 nitrogen and oxygen atoms in total. The van der Waals surface area contributed by atoms with Crippen LogP contribution in [-0.4, -0.2) is 24.7 Å². The predicted octanol–water partition coefficient (Wildman–Crippen LogP) is 3.65. The number of anilines is 2. The van der Waals surface area contributed by atoms with Crippen LogP contribution in [0.4, 0.5) is 11.4 Å². The fourth-order valence-corrected chi connectivity index (χ4v) is 2.40. The van der Waals surface area contributed by atoms with Crippen LogP contribution in [0.5, 0.6) is 0 Å². The highest BCUT2D eigenvalue weighted by molar-refractivity contribution is 5.94. The second-order valence-electron chi connectivity index (χ2n) is 6.55. The molecule has 0 aliphatic heterocycles. The van der Waals surface area contributed by atoms with Crippen LogP contribution in [0.25, 0.3) is 0 Å². The molecule has 1 aromatic carbocycles. The Hall–Kier alpha value is -1.55. The van der Waals surface area contributed by atoms with Crippen molar-refractivity contribution in [1.82, 2.24) is 0 Å². The fraction of sp³-hybridized carbons (Fsp3) is 0.588. The fourth-order valence-electron chi connectivity index (χ4n) is 2.40. The third-order valence-corrected chi connectivity index (χ3v) is 3.86. The lowest BCUT2D eigenvalue weighted by Gasteiger charge is -2.27. The highest BCUT2D eigenvalue weighted by atomic mass is 16.5. The molecule has 1 saturated carbocycles. The maximum absolute atomic E-state index is 11.7. The van der Waals surface area contributed by atoms with Crippen LogP contribution in [0.3, 0.4) is 0 Å². The molecular formula is C17H26N2O2. The Morgan fingerprint density at radius 1 is 1.29 bits per heavy atom. The number of hydrogen-bond donors (Lipinski definition) is 2. The van der Waals surface area contributed by atoms with E-state index in [9.17, 15) is 4.79 Å². The summed E-state index contributed by atoms with van der Waals surface area (Å²) in [5.74, 6) is 0.380. The number of amides is 1. The van der Waals surface area contributed by atoms with E-state index >= 15 is 0 Å². The van der Waals surface area contributed by atoms with E-state index in [4.69, 9.17) is 4.74 Å². The van der Waals surface area contributed by atoms with Gasteiger partial charge in [-0.25, -0.2) is 0 Å². The Morgan fingerprint density at radius 3 is 2.38 bits per heavy atom. The molecule has 21 heavy (non-hydrogen) atoms. The number of rotatable bonds is 7. The molecule has 1 aromatic rings. The van der Waals surface area contributed by atoms with Gasteiger partial charge in [-0.2, -0.15) is 0 Å². The van der Waals surface area contributed by atoms with E-state index in [0.29, 0.717) is 6.04 Å². The van der Waals surface area contributed by atoms with Crippen LogP contribution in [0.2, 0.25) is 0 Å². The molecule has 0 saturated heterocycles. The summed E-state index contributed by atoms with van der Waals surface area (Å²) >= 11 is 0. The number of carbonyl (C=O) groups excluding carboxylic acids is 1. The number of hydrogen-bond acceptors (Lipinski definition) is 3. The highest BCUT2D eigenvalue weighted by Crippen LogP contribution is 2.30. The molecule has 0 radical (unpaired) electrons. The summed E-state index contributed by atoms with van der Waals surface area (Å²) < 4.78 is 5.45. The molecule has 0 bridgehead atoms. The van der Waals surface area contributed by atoms with Crippen molar-refractivity contribution < 1.29 is 9.53 Å². The first-order valence-electron chi connectivity index (χ1n) is 7.62. The quantitative estimate of drug-likeness (QED) is 0.806. The minimum atomic E-state index is -0.134. The Balaban J connectivity index is 1.85. The van der Waals surface area contributed by atoms with Crippen molar-refractivity contribution >= 4 is 17.3 Å². The normalized spacial score (nSPS) is 16.4. The standard InChI is InChI=1S/C17H26N2O2/c1-12(11-17(2,3)21-4)18-14-7-9-15(10-8-14)19-16(20)13-5-6-13/h7-10,12-13,18H,5-6,11H2,1-4H3,(H,19,20). The first-order valence-corrected chi connectivity index (χ1v) is 7.62. The van der Waals surface area contributed by atoms with Crippen LogP contribution < -0.4 is 10.6 Å². The topological polar surface area (TPSA) is 50.4 Å². The molecule has 2 N–H and O–H groups in total. The summed E-state index contributed by atoms with van der Waals surface area (Å²) in [5, 5.41) is 6.40. The summed E-state index contributed by atoms with van der Waals surface area (Å²) in [6.45, 7) is 6.31. The van der Waals surface area contributed by atoms with Gasteiger partial charge in [0.05, 0.1) is 5.60 Å². The van der Waals surface area contributed by atoms with Gasteiger partial charge in [-0.3, -0.25) is 4.79 Å². The molecule has 1 fully saturated rings. The minimum Gasteiger partial charge on any atom is -0.382 e. The second-order valence-corrected chi connectivity index (χ2v) is 6.55. The maximum Gasteiger partial charge on any atom is 0.227 e. The van der Waals surface area contributed by atoms with Crippen LogP contribution in [-0.2, 0) is 9.53 Å². The number of methoxy groups -OCH3 is 1. The Bertz CT molecular complexity index is 478. The molecule has 2 rings (SSSR count). The Labute approximate surface area is 127 Å². The van der Waals surface area contributed by atoms with Crippen molar-refractivity contribution in [1.29, 1.82) is 0 Å². The van der Waals surface area contributed by atoms with Crippen molar-refractivity contribution in [2.24, 2.45) is 5.92 Å². The minimum absolute atomic E-state index is 0.134. The smallest absolute Gasteiger partial charge is 0.227 e. The summed E-state index contributed by atoms with van der Waals surface area (Å²) in [4.78, 5) is 11.7. The van der Waals surface area contributed by atoms with Gasteiger partial charge in [0.25, 0.3) is 0 Å². The number of nitrogens with one attached hydrogen (secondary N) is 2. The van der Waals surface area contributed by atoms with Gasteiger partial charge in [0.15, 0.2) is 0 Å². The van der Waals surface area contributed by atoms with Crippen molar-refractivity contribution in [2.75, 3.05) is 17.7 Å². The summed E-state index contributed by atoms with van der Waals surface area (Å²) in [7, 11) is 1.74. The van der Waals surface area contributed by atoms with Gasteiger partial charge in [0, 0.05) is 30.4 Å². The third-order valence-electron chi connectivity index (χ3n) is 3.86. The zero-order valence-corrected chi connectivity index (χ0v) is 13.4. The molecule has 0 spiro atoms. The maximum atomic E-state index is 11.7. The zero-order valence-electron chi connectivity index (χ0n) is 13.4. The molecule has 1 aliphatic carbocycles. The van der Waals surface area contributed by atoms with Crippen molar-refractivity contribution in [2.45, 2.75) is 51.7 Å². The number of carbonyl (C=O) groups is 1. The van der Waals surface area contributed by atoms with Crippen molar-refractivity contribution in [3.63, 3.8) is 0 Å². The zero-order chi connectivity index (χ0) is 15.5. The van der Waals surface area contributed by atoms with Crippen LogP contribution in [0.15, 0.2) is 24.3 Å². The van der Waals surface area contributed by atoms with Crippen LogP contribution in [0, 0.1) is 5.92 Å². The lowest BCUT2D eigenvalue weighted by Crippen LogP contribution is -2.31. The lowest BCUT2D eigenvalue weighted by atomic mass is 10.00. The first kappa shape index (κ1) is 15.8. The van der Waals surface area contributed by atoms with E-state index in [1.54, 1.807) is 7.11 Å². The van der Waals surface area contributed by atoms with E-state index < -0.39 is 0 Å². The van der Waals surface area contributed by atoms with Gasteiger partial charge < -0.3 is 15.4 Å². The van der Waals surface area contributed by atoms with Gasteiger partial charge in [0.1, 0.15) is 0 Å². The molecule has 1 aliphatic rings. The van der Waals surface area contributed by atoms with Gasteiger partial charge in [-0.1, -0.05) is 0 Å². The van der Waals surface area contributed by atoms with Gasteiger partial charge in [-0.05, 0) is 64.3 Å². The Kier molecular flexibility index (Phi) is 4.88. The molecule has 1 unspecified atom stereocenters. The van der Waals surface area contributed by atoms with Gasteiger partial charge in [-0.15, -0.1) is 0 Å².